The third-order valence-electron chi connectivity index (χ3n) is 12.2. The number of para-hydroxylation sites is 3. The Labute approximate surface area is 353 Å². The van der Waals surface area contributed by atoms with Gasteiger partial charge in [0, 0.05) is 38.5 Å². The first-order valence-corrected chi connectivity index (χ1v) is 20.8. The highest BCUT2D eigenvalue weighted by Gasteiger charge is 2.21. The van der Waals surface area contributed by atoms with Gasteiger partial charge in [0.15, 0.2) is 0 Å². The van der Waals surface area contributed by atoms with E-state index in [4.69, 9.17) is 4.42 Å². The van der Waals surface area contributed by atoms with Crippen LogP contribution in [0, 0.1) is 0 Å². The summed E-state index contributed by atoms with van der Waals surface area (Å²) in [6, 6.07) is 82.8. The summed E-state index contributed by atoms with van der Waals surface area (Å²) >= 11 is 0. The SMILES string of the molecule is c1ccc(-c2cccc(-c3ccc(N(c4ccc(-c5ccccc5-n5c6ccccc6c6ccccc65)cc4)c4cccc5oc6c7ccccc7ccc6c45)cc3)c2)cc1. The van der Waals surface area contributed by atoms with Crippen molar-refractivity contribution in [1.82, 2.24) is 4.57 Å². The van der Waals surface area contributed by atoms with Crippen LogP contribution in [0.5, 0.6) is 0 Å². The molecule has 0 saturated heterocycles. The van der Waals surface area contributed by atoms with Crippen molar-refractivity contribution >= 4 is 71.6 Å². The fourth-order valence-electron chi connectivity index (χ4n) is 9.35. The lowest BCUT2D eigenvalue weighted by molar-refractivity contribution is 0.672. The van der Waals surface area contributed by atoms with Crippen LogP contribution in [0.1, 0.15) is 0 Å². The molecule has 0 spiro atoms. The van der Waals surface area contributed by atoms with Crippen LogP contribution < -0.4 is 4.90 Å². The number of nitrogens with zero attached hydrogens (tertiary/aromatic N) is 2. The molecule has 0 radical (unpaired) electrons. The van der Waals surface area contributed by atoms with Crippen LogP contribution in [-0.4, -0.2) is 4.57 Å². The molecular formula is C58H38N2O. The van der Waals surface area contributed by atoms with Gasteiger partial charge in [0.05, 0.1) is 27.8 Å². The zero-order chi connectivity index (χ0) is 40.3. The molecule has 2 aromatic heterocycles. The van der Waals surface area contributed by atoms with Crippen LogP contribution in [-0.2, 0) is 0 Å². The summed E-state index contributed by atoms with van der Waals surface area (Å²) in [5, 5.41) is 6.97. The van der Waals surface area contributed by atoms with Gasteiger partial charge in [0.2, 0.25) is 0 Å². The largest absolute Gasteiger partial charge is 0.455 e. The van der Waals surface area contributed by atoms with E-state index in [1.54, 1.807) is 0 Å². The second-order valence-electron chi connectivity index (χ2n) is 15.7. The molecule has 0 aliphatic rings. The Bertz CT molecular complexity index is 3520. The van der Waals surface area contributed by atoms with Crippen molar-refractivity contribution in [3.63, 3.8) is 0 Å². The first kappa shape index (κ1) is 34.9. The monoisotopic (exact) mass is 778 g/mol. The van der Waals surface area contributed by atoms with Gasteiger partial charge in [0.25, 0.3) is 0 Å². The Kier molecular flexibility index (Phi) is 8.17. The van der Waals surface area contributed by atoms with Crippen molar-refractivity contribution in [2.45, 2.75) is 0 Å². The van der Waals surface area contributed by atoms with Crippen LogP contribution in [0.25, 0.3) is 93.6 Å². The minimum atomic E-state index is 0.861. The normalized spacial score (nSPS) is 11.6. The maximum atomic E-state index is 6.71. The third-order valence-corrected chi connectivity index (χ3v) is 12.2. The van der Waals surface area contributed by atoms with E-state index in [1.807, 2.05) is 0 Å². The fourth-order valence-corrected chi connectivity index (χ4v) is 9.35. The van der Waals surface area contributed by atoms with Crippen molar-refractivity contribution in [3.8, 4) is 39.1 Å². The van der Waals surface area contributed by atoms with E-state index in [9.17, 15) is 0 Å². The molecule has 0 atom stereocenters. The molecule has 0 aliphatic heterocycles. The van der Waals surface area contributed by atoms with Gasteiger partial charge in [-0.25, -0.2) is 0 Å². The molecule has 12 rings (SSSR count). The number of furan rings is 1. The molecule has 0 fully saturated rings. The van der Waals surface area contributed by atoms with Crippen molar-refractivity contribution in [3.05, 3.63) is 231 Å². The standard InChI is InChI=1S/C58H38N2O/c1-2-14-39(15-3-1)43-17-12-18-44(38-43)40-28-33-45(34-29-40)59(55-26-13-27-56-57(55)51-37-32-41-16-4-5-20-48(41)58(51)61-56)46-35-30-42(31-36-46)47-19-6-9-23-52(47)60-53-24-10-7-21-49(53)50-22-8-11-25-54(50)60/h1-38H. The van der Waals surface area contributed by atoms with Crippen LogP contribution in [0.3, 0.4) is 0 Å². The Balaban J connectivity index is 1.01. The second-order valence-corrected chi connectivity index (χ2v) is 15.7. The predicted octanol–water partition coefficient (Wildman–Crippen LogP) is 16.3. The van der Waals surface area contributed by atoms with E-state index in [2.05, 4.69) is 240 Å². The molecule has 10 aromatic carbocycles. The maximum absolute atomic E-state index is 6.71. The van der Waals surface area contributed by atoms with E-state index in [1.165, 1.54) is 44.1 Å². The predicted molar refractivity (Wildman–Crippen MR) is 257 cm³/mol. The molecule has 286 valence electrons. The van der Waals surface area contributed by atoms with Gasteiger partial charge in [-0.05, 0) is 99.9 Å². The summed E-state index contributed by atoms with van der Waals surface area (Å²) < 4.78 is 9.12. The molecule has 0 aliphatic carbocycles. The molecular weight excluding hydrogens is 741 g/mol. The van der Waals surface area contributed by atoms with Gasteiger partial charge in [-0.1, -0.05) is 164 Å². The van der Waals surface area contributed by atoms with Gasteiger partial charge < -0.3 is 13.9 Å². The third kappa shape index (κ3) is 5.82. The highest BCUT2D eigenvalue weighted by atomic mass is 16.3. The summed E-state index contributed by atoms with van der Waals surface area (Å²) in [7, 11) is 0. The Morgan fingerprint density at radius 2 is 0.918 bits per heavy atom. The first-order valence-electron chi connectivity index (χ1n) is 20.8. The smallest absolute Gasteiger partial charge is 0.143 e. The lowest BCUT2D eigenvalue weighted by atomic mass is 9.98. The minimum absolute atomic E-state index is 0.861. The number of hydrogen-bond acceptors (Lipinski definition) is 2. The van der Waals surface area contributed by atoms with E-state index in [0.717, 1.165) is 66.6 Å². The Morgan fingerprint density at radius 3 is 1.64 bits per heavy atom. The van der Waals surface area contributed by atoms with E-state index in [-0.39, 0.29) is 0 Å². The summed E-state index contributed by atoms with van der Waals surface area (Å²) in [5.41, 5.74) is 15.6. The van der Waals surface area contributed by atoms with Crippen molar-refractivity contribution in [2.75, 3.05) is 4.90 Å². The van der Waals surface area contributed by atoms with Crippen LogP contribution in [0.4, 0.5) is 17.1 Å². The minimum Gasteiger partial charge on any atom is -0.455 e. The summed E-state index contributed by atoms with van der Waals surface area (Å²) in [6.07, 6.45) is 0. The zero-order valence-corrected chi connectivity index (χ0v) is 33.2. The van der Waals surface area contributed by atoms with Crippen molar-refractivity contribution < 1.29 is 4.42 Å². The molecule has 0 amide bonds. The topological polar surface area (TPSA) is 21.3 Å². The summed E-state index contributed by atoms with van der Waals surface area (Å²) in [6.45, 7) is 0. The number of fused-ring (bicyclic) bond motifs is 8. The number of hydrogen-bond donors (Lipinski definition) is 0. The average molecular weight is 779 g/mol. The van der Waals surface area contributed by atoms with E-state index >= 15 is 0 Å². The lowest BCUT2D eigenvalue weighted by Crippen LogP contribution is -2.10. The molecule has 3 nitrogen and oxygen atoms in total. The fraction of sp³-hybridized carbons (Fsp3) is 0. The first-order chi connectivity index (χ1) is 30.3. The summed E-state index contributed by atoms with van der Waals surface area (Å²) in [5.74, 6) is 0. The van der Waals surface area contributed by atoms with Crippen molar-refractivity contribution in [1.29, 1.82) is 0 Å². The van der Waals surface area contributed by atoms with Crippen molar-refractivity contribution in [2.24, 2.45) is 0 Å². The molecule has 61 heavy (non-hydrogen) atoms. The Morgan fingerprint density at radius 1 is 0.361 bits per heavy atom. The lowest BCUT2D eigenvalue weighted by Gasteiger charge is -2.27. The molecule has 12 aromatic rings. The van der Waals surface area contributed by atoms with E-state index in [0.29, 0.717) is 0 Å². The Hall–Kier alpha value is -8.14. The summed E-state index contributed by atoms with van der Waals surface area (Å²) in [4.78, 5) is 2.37. The zero-order valence-electron chi connectivity index (χ0n) is 33.2. The highest BCUT2D eigenvalue weighted by Crippen LogP contribution is 2.45. The van der Waals surface area contributed by atoms with E-state index < -0.39 is 0 Å². The molecule has 0 N–H and O–H groups in total. The molecule has 0 unspecified atom stereocenters. The number of rotatable bonds is 7. The van der Waals surface area contributed by atoms with Crippen LogP contribution >= 0.6 is 0 Å². The van der Waals surface area contributed by atoms with Gasteiger partial charge in [-0.15, -0.1) is 0 Å². The number of anilines is 3. The number of aromatic nitrogens is 1. The van der Waals surface area contributed by atoms with Gasteiger partial charge >= 0.3 is 0 Å². The van der Waals surface area contributed by atoms with Crippen LogP contribution in [0.2, 0.25) is 0 Å². The average Bonchev–Trinajstić information content (AvgIpc) is 3.89. The molecule has 3 heteroatoms. The molecule has 0 saturated carbocycles. The van der Waals surface area contributed by atoms with Gasteiger partial charge in [-0.2, -0.15) is 0 Å². The van der Waals surface area contributed by atoms with Crippen LogP contribution in [0.15, 0.2) is 235 Å². The molecule has 0 bridgehead atoms. The molecule has 2 heterocycles. The van der Waals surface area contributed by atoms with Gasteiger partial charge in [0.1, 0.15) is 11.2 Å². The second kappa shape index (κ2) is 14.3. The maximum Gasteiger partial charge on any atom is 0.143 e. The quantitative estimate of drug-likeness (QED) is 0.161. The highest BCUT2D eigenvalue weighted by molar-refractivity contribution is 6.19. The number of benzene rings is 10. The van der Waals surface area contributed by atoms with Gasteiger partial charge in [-0.3, -0.25) is 0 Å².